The Hall–Kier alpha value is -0.280. The van der Waals surface area contributed by atoms with Crippen molar-refractivity contribution < 1.29 is 9.53 Å². The molecule has 1 amide bonds. The first-order chi connectivity index (χ1) is 8.15. The Morgan fingerprint density at radius 2 is 2.18 bits per heavy atom. The fourth-order valence-electron chi connectivity index (χ4n) is 2.42. The van der Waals surface area contributed by atoms with E-state index in [1.807, 2.05) is 0 Å². The zero-order chi connectivity index (χ0) is 12.7. The van der Waals surface area contributed by atoms with Gasteiger partial charge in [-0.25, -0.2) is 0 Å². The van der Waals surface area contributed by atoms with Crippen LogP contribution in [-0.4, -0.2) is 30.0 Å². The Bertz CT molecular complexity index is 242. The van der Waals surface area contributed by atoms with Gasteiger partial charge in [-0.05, 0) is 32.1 Å². The highest BCUT2D eigenvalue weighted by atomic mass is 35.5. The lowest BCUT2D eigenvalue weighted by Crippen LogP contribution is -2.48. The molecule has 0 aromatic rings. The number of hydrogen-bond acceptors (Lipinski definition) is 2. The highest BCUT2D eigenvalue weighted by Crippen LogP contribution is 2.31. The van der Waals surface area contributed by atoms with E-state index in [1.54, 1.807) is 0 Å². The number of hydrogen-bond donors (Lipinski definition) is 1. The molecule has 0 aromatic carbocycles. The molecule has 0 spiro atoms. The Labute approximate surface area is 109 Å². The second kappa shape index (κ2) is 7.22. The number of carbonyl (C=O) groups is 1. The van der Waals surface area contributed by atoms with Gasteiger partial charge in [0, 0.05) is 24.9 Å². The van der Waals surface area contributed by atoms with Crippen molar-refractivity contribution in [3.05, 3.63) is 0 Å². The SMILES string of the molecule is CCC1(CC)CC(NC(=O)CCCCl)CCO1. The van der Waals surface area contributed by atoms with Gasteiger partial charge in [0.2, 0.25) is 5.91 Å². The lowest BCUT2D eigenvalue weighted by atomic mass is 9.86. The number of carbonyl (C=O) groups excluding carboxylic acids is 1. The molecular weight excluding hydrogens is 238 g/mol. The third-order valence-electron chi connectivity index (χ3n) is 3.68. The first-order valence-corrected chi connectivity index (χ1v) is 7.18. The van der Waals surface area contributed by atoms with Crippen molar-refractivity contribution in [2.24, 2.45) is 0 Å². The maximum absolute atomic E-state index is 11.6. The van der Waals surface area contributed by atoms with Gasteiger partial charge < -0.3 is 10.1 Å². The van der Waals surface area contributed by atoms with E-state index < -0.39 is 0 Å². The molecule has 17 heavy (non-hydrogen) atoms. The Balaban J connectivity index is 2.41. The molecule has 0 saturated carbocycles. The monoisotopic (exact) mass is 261 g/mol. The van der Waals surface area contributed by atoms with E-state index in [-0.39, 0.29) is 17.6 Å². The molecule has 0 bridgehead atoms. The molecule has 1 aliphatic rings. The van der Waals surface area contributed by atoms with Gasteiger partial charge in [0.15, 0.2) is 0 Å². The van der Waals surface area contributed by atoms with Gasteiger partial charge in [0.1, 0.15) is 0 Å². The molecule has 1 rings (SSSR count). The molecular formula is C13H24ClNO2. The van der Waals surface area contributed by atoms with Gasteiger partial charge in [-0.1, -0.05) is 13.8 Å². The second-order valence-electron chi connectivity index (χ2n) is 4.79. The molecule has 100 valence electrons. The van der Waals surface area contributed by atoms with Crippen LogP contribution in [0.3, 0.4) is 0 Å². The minimum Gasteiger partial charge on any atom is -0.375 e. The molecule has 0 radical (unpaired) electrons. The summed E-state index contributed by atoms with van der Waals surface area (Å²) in [6.07, 6.45) is 5.17. The standard InChI is InChI=1S/C13H24ClNO2/c1-3-13(4-2)10-11(7-9-17-13)15-12(16)6-5-8-14/h11H,3-10H2,1-2H3,(H,15,16). The van der Waals surface area contributed by atoms with E-state index in [4.69, 9.17) is 16.3 Å². The largest absolute Gasteiger partial charge is 0.375 e. The van der Waals surface area contributed by atoms with E-state index in [0.29, 0.717) is 12.3 Å². The van der Waals surface area contributed by atoms with Crippen molar-refractivity contribution in [1.29, 1.82) is 0 Å². The third-order valence-corrected chi connectivity index (χ3v) is 3.95. The summed E-state index contributed by atoms with van der Waals surface area (Å²) in [4.78, 5) is 11.6. The summed E-state index contributed by atoms with van der Waals surface area (Å²) < 4.78 is 5.88. The van der Waals surface area contributed by atoms with Crippen LogP contribution in [0.2, 0.25) is 0 Å². The molecule has 0 aromatic heterocycles. The Morgan fingerprint density at radius 3 is 2.76 bits per heavy atom. The number of amides is 1. The van der Waals surface area contributed by atoms with Crippen LogP contribution in [0.1, 0.15) is 52.4 Å². The average molecular weight is 262 g/mol. The van der Waals surface area contributed by atoms with Gasteiger partial charge in [0.25, 0.3) is 0 Å². The van der Waals surface area contributed by atoms with Gasteiger partial charge in [0.05, 0.1) is 5.60 Å². The van der Waals surface area contributed by atoms with Gasteiger partial charge in [-0.2, -0.15) is 0 Å². The minimum atomic E-state index is -0.0251. The summed E-state index contributed by atoms with van der Waals surface area (Å²) in [5, 5.41) is 3.10. The van der Waals surface area contributed by atoms with E-state index in [2.05, 4.69) is 19.2 Å². The van der Waals surface area contributed by atoms with Crippen LogP contribution < -0.4 is 5.32 Å². The molecule has 4 heteroatoms. The fourth-order valence-corrected chi connectivity index (χ4v) is 2.55. The highest BCUT2D eigenvalue weighted by Gasteiger charge is 2.34. The van der Waals surface area contributed by atoms with E-state index in [9.17, 15) is 4.79 Å². The van der Waals surface area contributed by atoms with Crippen molar-refractivity contribution in [2.45, 2.75) is 64.0 Å². The predicted octanol–water partition coefficient (Wildman–Crippen LogP) is 2.86. The summed E-state index contributed by atoms with van der Waals surface area (Å²) in [6.45, 7) is 5.06. The zero-order valence-corrected chi connectivity index (χ0v) is 11.7. The quantitative estimate of drug-likeness (QED) is 0.747. The molecule has 1 fully saturated rings. The second-order valence-corrected chi connectivity index (χ2v) is 5.17. The summed E-state index contributed by atoms with van der Waals surface area (Å²) in [5.41, 5.74) is -0.0251. The first-order valence-electron chi connectivity index (χ1n) is 6.65. The fraction of sp³-hybridized carbons (Fsp3) is 0.923. The van der Waals surface area contributed by atoms with E-state index in [1.165, 1.54) is 0 Å². The zero-order valence-electron chi connectivity index (χ0n) is 10.9. The average Bonchev–Trinajstić information content (AvgIpc) is 2.36. The molecule has 0 aliphatic carbocycles. The number of ether oxygens (including phenoxy) is 1. The Morgan fingerprint density at radius 1 is 1.47 bits per heavy atom. The van der Waals surface area contributed by atoms with E-state index >= 15 is 0 Å². The smallest absolute Gasteiger partial charge is 0.220 e. The Kier molecular flexibility index (Phi) is 6.28. The summed E-state index contributed by atoms with van der Waals surface area (Å²) in [6, 6.07) is 0.270. The normalized spacial score (nSPS) is 23.4. The van der Waals surface area contributed by atoms with Crippen LogP contribution >= 0.6 is 11.6 Å². The topological polar surface area (TPSA) is 38.3 Å². The number of nitrogens with one attached hydrogen (secondary N) is 1. The summed E-state index contributed by atoms with van der Waals surface area (Å²) in [7, 11) is 0. The van der Waals surface area contributed by atoms with Gasteiger partial charge in [-0.15, -0.1) is 11.6 Å². The number of rotatable bonds is 6. The van der Waals surface area contributed by atoms with Crippen LogP contribution in [0.25, 0.3) is 0 Å². The van der Waals surface area contributed by atoms with Crippen molar-refractivity contribution in [1.82, 2.24) is 5.32 Å². The van der Waals surface area contributed by atoms with Gasteiger partial charge in [-0.3, -0.25) is 4.79 Å². The molecule has 1 saturated heterocycles. The molecule has 1 atom stereocenters. The van der Waals surface area contributed by atoms with Crippen LogP contribution in [0.5, 0.6) is 0 Å². The molecule has 1 N–H and O–H groups in total. The van der Waals surface area contributed by atoms with Crippen molar-refractivity contribution in [3.8, 4) is 0 Å². The van der Waals surface area contributed by atoms with E-state index in [0.717, 1.165) is 38.7 Å². The van der Waals surface area contributed by atoms with Crippen LogP contribution in [0.15, 0.2) is 0 Å². The van der Waals surface area contributed by atoms with Crippen LogP contribution in [0, 0.1) is 0 Å². The highest BCUT2D eigenvalue weighted by molar-refractivity contribution is 6.17. The minimum absolute atomic E-state index is 0.0251. The first kappa shape index (κ1) is 14.8. The van der Waals surface area contributed by atoms with Crippen LogP contribution in [-0.2, 0) is 9.53 Å². The molecule has 3 nitrogen and oxygen atoms in total. The van der Waals surface area contributed by atoms with Crippen LogP contribution in [0.4, 0.5) is 0 Å². The predicted molar refractivity (Wildman–Crippen MR) is 70.4 cm³/mol. The van der Waals surface area contributed by atoms with Crippen molar-refractivity contribution in [2.75, 3.05) is 12.5 Å². The maximum Gasteiger partial charge on any atom is 0.220 e. The number of alkyl halides is 1. The number of halogens is 1. The van der Waals surface area contributed by atoms with Crippen molar-refractivity contribution in [3.63, 3.8) is 0 Å². The third kappa shape index (κ3) is 4.47. The van der Waals surface area contributed by atoms with Gasteiger partial charge >= 0.3 is 0 Å². The lowest BCUT2D eigenvalue weighted by Gasteiger charge is -2.40. The van der Waals surface area contributed by atoms with Crippen molar-refractivity contribution >= 4 is 17.5 Å². The lowest BCUT2D eigenvalue weighted by molar-refractivity contribution is -0.126. The summed E-state index contributed by atoms with van der Waals surface area (Å²) >= 11 is 5.58. The molecule has 1 unspecified atom stereocenters. The molecule has 1 aliphatic heterocycles. The maximum atomic E-state index is 11.6. The summed E-state index contributed by atoms with van der Waals surface area (Å²) in [5.74, 6) is 0.674. The molecule has 1 heterocycles.